The molecule has 1 aromatic carbocycles. The lowest BCUT2D eigenvalue weighted by molar-refractivity contribution is -0.129. The highest BCUT2D eigenvalue weighted by Gasteiger charge is 2.32. The van der Waals surface area contributed by atoms with Crippen LogP contribution in [-0.4, -0.2) is 93.1 Å². The number of rotatable bonds is 9. The first kappa shape index (κ1) is 29.8. The number of nitrogens with zero attached hydrogens (tertiary/aromatic N) is 5. The van der Waals surface area contributed by atoms with E-state index >= 15 is 4.39 Å². The van der Waals surface area contributed by atoms with E-state index in [1.807, 2.05) is 23.1 Å². The molecular weight excluding hydrogens is 531 g/mol. The van der Waals surface area contributed by atoms with E-state index in [-0.39, 0.29) is 54.2 Å². The van der Waals surface area contributed by atoms with Gasteiger partial charge in [0.2, 0.25) is 23.7 Å². The Balaban J connectivity index is 1.52. The fourth-order valence-corrected chi connectivity index (χ4v) is 5.54. The van der Waals surface area contributed by atoms with Gasteiger partial charge in [-0.3, -0.25) is 14.4 Å². The number of nitrogens with one attached hydrogen (secondary N) is 3. The van der Waals surface area contributed by atoms with E-state index in [4.69, 9.17) is 4.74 Å². The maximum absolute atomic E-state index is 15.1. The van der Waals surface area contributed by atoms with Crippen molar-refractivity contribution < 1.29 is 23.5 Å². The Morgan fingerprint density at radius 2 is 1.63 bits per heavy atom. The molecule has 0 radical (unpaired) electrons. The normalized spacial score (nSPS) is 19.0. The number of piperidine rings is 1. The maximum atomic E-state index is 15.1. The van der Waals surface area contributed by atoms with Crippen LogP contribution < -0.4 is 30.5 Å². The van der Waals surface area contributed by atoms with Crippen molar-refractivity contribution in [1.82, 2.24) is 25.5 Å². The van der Waals surface area contributed by atoms with Crippen LogP contribution in [0.2, 0.25) is 0 Å². The monoisotopic (exact) mass is 570 g/mol. The topological polar surface area (TPSA) is 132 Å². The van der Waals surface area contributed by atoms with Crippen molar-refractivity contribution in [2.24, 2.45) is 11.8 Å². The van der Waals surface area contributed by atoms with Gasteiger partial charge in [-0.1, -0.05) is 0 Å². The summed E-state index contributed by atoms with van der Waals surface area (Å²) in [5.41, 5.74) is 1.58. The molecule has 41 heavy (non-hydrogen) atoms. The van der Waals surface area contributed by atoms with Crippen LogP contribution in [0, 0.1) is 17.7 Å². The summed E-state index contributed by atoms with van der Waals surface area (Å²) in [5, 5.41) is 8.44. The van der Waals surface area contributed by atoms with Gasteiger partial charge in [0.1, 0.15) is 5.75 Å². The summed E-state index contributed by atoms with van der Waals surface area (Å²) in [7, 11) is 4.74. The number of aromatic nitrogens is 2. The van der Waals surface area contributed by atoms with Gasteiger partial charge in [0.25, 0.3) is 0 Å². The van der Waals surface area contributed by atoms with Gasteiger partial charge in [-0.2, -0.15) is 4.98 Å². The number of carbonyl (C=O) groups is 3. The van der Waals surface area contributed by atoms with Crippen LogP contribution >= 0.6 is 0 Å². The highest BCUT2D eigenvalue weighted by Crippen LogP contribution is 2.34. The summed E-state index contributed by atoms with van der Waals surface area (Å²) in [5.74, 6) is 0.0533. The molecule has 3 N–H and O–H groups in total. The van der Waals surface area contributed by atoms with Crippen molar-refractivity contribution in [1.29, 1.82) is 0 Å². The standard InChI is InChI=1S/C28H39FN8O4/c1-18(38)35-7-9-36(10-8-35)21-5-6-23(24(14-21)41-4)33-28-32-15-22(29)27(34-28)37-16-19(12-25(39)30-2)11-20(17-37)13-26(40)31-3/h5-6,14-15,19-20H,7-13,16-17H2,1-4H3,(H,30,39)(H,31,40)(H,32,33,34)/t19-,20+. The number of hydrogen-bond donors (Lipinski definition) is 3. The Hall–Kier alpha value is -4.16. The first-order chi connectivity index (χ1) is 19.7. The third-order valence-electron chi connectivity index (χ3n) is 7.68. The summed E-state index contributed by atoms with van der Waals surface area (Å²) in [6.07, 6.45) is 2.36. The molecule has 2 fully saturated rings. The van der Waals surface area contributed by atoms with E-state index in [2.05, 4.69) is 30.8 Å². The fourth-order valence-electron chi connectivity index (χ4n) is 5.54. The Morgan fingerprint density at radius 3 is 2.20 bits per heavy atom. The van der Waals surface area contributed by atoms with Crippen molar-refractivity contribution in [3.8, 4) is 5.75 Å². The third kappa shape index (κ3) is 7.53. The zero-order chi connectivity index (χ0) is 29.5. The molecule has 0 unspecified atom stereocenters. The Labute approximate surface area is 239 Å². The molecule has 3 amide bonds. The molecule has 0 spiro atoms. The molecular formula is C28H39FN8O4. The summed E-state index contributed by atoms with van der Waals surface area (Å²) in [6.45, 7) is 5.21. The molecule has 1 aromatic heterocycles. The van der Waals surface area contributed by atoms with Gasteiger partial charge < -0.3 is 35.4 Å². The van der Waals surface area contributed by atoms with Gasteiger partial charge in [0.05, 0.1) is 19.0 Å². The van der Waals surface area contributed by atoms with Gasteiger partial charge in [-0.25, -0.2) is 9.37 Å². The zero-order valence-electron chi connectivity index (χ0n) is 24.1. The number of hydrogen-bond acceptors (Lipinski definition) is 9. The van der Waals surface area contributed by atoms with Crippen LogP contribution in [0.15, 0.2) is 24.4 Å². The largest absolute Gasteiger partial charge is 0.494 e. The Kier molecular flexibility index (Phi) is 9.79. The van der Waals surface area contributed by atoms with Crippen LogP contribution in [0.25, 0.3) is 0 Å². The number of benzene rings is 1. The number of halogens is 1. The lowest BCUT2D eigenvalue weighted by Crippen LogP contribution is -2.48. The average molecular weight is 571 g/mol. The second-order valence-corrected chi connectivity index (χ2v) is 10.5. The van der Waals surface area contributed by atoms with E-state index in [1.54, 1.807) is 33.0 Å². The van der Waals surface area contributed by atoms with Crippen molar-refractivity contribution in [3.05, 3.63) is 30.2 Å². The lowest BCUT2D eigenvalue weighted by Gasteiger charge is -2.38. The summed E-state index contributed by atoms with van der Waals surface area (Å²) < 4.78 is 20.7. The van der Waals surface area contributed by atoms with Crippen molar-refractivity contribution in [2.45, 2.75) is 26.2 Å². The number of methoxy groups -OCH3 is 1. The van der Waals surface area contributed by atoms with Gasteiger partial charge >= 0.3 is 0 Å². The number of anilines is 4. The van der Waals surface area contributed by atoms with Gasteiger partial charge in [-0.05, 0) is 30.4 Å². The molecule has 2 aliphatic rings. The van der Waals surface area contributed by atoms with E-state index in [0.29, 0.717) is 44.0 Å². The number of piperazine rings is 1. The van der Waals surface area contributed by atoms with E-state index in [1.165, 1.54) is 0 Å². The predicted molar refractivity (Wildman–Crippen MR) is 154 cm³/mol. The Morgan fingerprint density at radius 1 is 1.00 bits per heavy atom. The molecule has 4 rings (SSSR count). The van der Waals surface area contributed by atoms with Gasteiger partial charge in [0.15, 0.2) is 11.6 Å². The SMILES string of the molecule is CNC(=O)C[C@@H]1C[C@H](CC(=O)NC)CN(c2nc(Nc3ccc(N4CCN(C(C)=O)CC4)cc3OC)ncc2F)C1. The van der Waals surface area contributed by atoms with Crippen molar-refractivity contribution >= 4 is 40.9 Å². The molecule has 0 saturated carbocycles. The number of ether oxygens (including phenoxy) is 1. The van der Waals surface area contributed by atoms with E-state index in [0.717, 1.165) is 25.0 Å². The van der Waals surface area contributed by atoms with Gasteiger partial charge in [-0.15, -0.1) is 0 Å². The smallest absolute Gasteiger partial charge is 0.229 e. The lowest BCUT2D eigenvalue weighted by atomic mass is 9.85. The molecule has 2 aromatic rings. The first-order valence-electron chi connectivity index (χ1n) is 13.8. The second-order valence-electron chi connectivity index (χ2n) is 10.5. The molecule has 2 atom stereocenters. The van der Waals surface area contributed by atoms with Gasteiger partial charge in [0, 0.05) is 84.9 Å². The second kappa shape index (κ2) is 13.5. The molecule has 13 heteroatoms. The molecule has 0 aliphatic carbocycles. The number of amides is 3. The van der Waals surface area contributed by atoms with Crippen LogP contribution in [-0.2, 0) is 14.4 Å². The van der Waals surface area contributed by atoms with E-state index < -0.39 is 5.82 Å². The Bertz CT molecular complexity index is 1230. The fraction of sp³-hybridized carbons (Fsp3) is 0.536. The van der Waals surface area contributed by atoms with E-state index in [9.17, 15) is 14.4 Å². The molecule has 3 heterocycles. The summed E-state index contributed by atoms with van der Waals surface area (Å²) in [6, 6.07) is 5.72. The minimum atomic E-state index is -0.582. The molecule has 12 nitrogen and oxygen atoms in total. The highest BCUT2D eigenvalue weighted by atomic mass is 19.1. The van der Waals surface area contributed by atoms with Crippen molar-refractivity contribution in [3.63, 3.8) is 0 Å². The zero-order valence-corrected chi connectivity index (χ0v) is 24.1. The highest BCUT2D eigenvalue weighted by molar-refractivity contribution is 5.77. The van der Waals surface area contributed by atoms with Crippen LogP contribution in [0.1, 0.15) is 26.2 Å². The van der Waals surface area contributed by atoms with Crippen molar-refractivity contribution in [2.75, 3.05) is 75.6 Å². The summed E-state index contributed by atoms with van der Waals surface area (Å²) >= 11 is 0. The molecule has 0 bridgehead atoms. The average Bonchev–Trinajstić information content (AvgIpc) is 2.98. The third-order valence-corrected chi connectivity index (χ3v) is 7.68. The van der Waals surface area contributed by atoms with Crippen LogP contribution in [0.3, 0.4) is 0 Å². The summed E-state index contributed by atoms with van der Waals surface area (Å²) in [4.78, 5) is 50.3. The molecule has 222 valence electrons. The number of carbonyl (C=O) groups excluding carboxylic acids is 3. The molecule has 2 aliphatic heterocycles. The minimum Gasteiger partial charge on any atom is -0.494 e. The molecule has 2 saturated heterocycles. The quantitative estimate of drug-likeness (QED) is 0.413. The van der Waals surface area contributed by atoms with Crippen LogP contribution in [0.5, 0.6) is 5.75 Å². The predicted octanol–water partition coefficient (Wildman–Crippen LogP) is 1.75. The first-order valence-corrected chi connectivity index (χ1v) is 13.8. The maximum Gasteiger partial charge on any atom is 0.229 e. The minimum absolute atomic E-state index is 0.0610. The van der Waals surface area contributed by atoms with Crippen LogP contribution in [0.4, 0.5) is 27.5 Å².